The second-order valence-electron chi connectivity index (χ2n) is 4.51. The molecule has 2 aromatic rings. The molecule has 1 heterocycles. The number of fused-ring (bicyclic) bond motifs is 1. The number of carbonyl (C=O) groups is 2. The molecule has 1 aliphatic rings. The van der Waals surface area contributed by atoms with E-state index in [1.54, 1.807) is 24.3 Å². The van der Waals surface area contributed by atoms with E-state index in [1.807, 2.05) is 0 Å². The van der Waals surface area contributed by atoms with E-state index in [1.165, 1.54) is 18.2 Å². The van der Waals surface area contributed by atoms with E-state index in [2.05, 4.69) is 5.32 Å². The smallest absolute Gasteiger partial charge is 0.240 e. The number of hydrogen-bond acceptors (Lipinski definition) is 3. The largest absolute Gasteiger partial charge is 0.323 e. The molecule has 3 nitrogen and oxygen atoms in total. The van der Waals surface area contributed by atoms with Gasteiger partial charge in [0.2, 0.25) is 11.0 Å². The van der Waals surface area contributed by atoms with E-state index >= 15 is 0 Å². The van der Waals surface area contributed by atoms with Crippen LogP contribution in [-0.4, -0.2) is 11.0 Å². The molecular weight excluding hydrogens is 313 g/mol. The molecule has 0 saturated heterocycles. The number of para-hydroxylation sites is 1. The highest BCUT2D eigenvalue weighted by molar-refractivity contribution is 8.14. The molecule has 1 N–H and O–H groups in total. The van der Waals surface area contributed by atoms with Crippen molar-refractivity contribution in [1.82, 2.24) is 0 Å². The van der Waals surface area contributed by atoms with Crippen LogP contribution in [0.3, 0.4) is 0 Å². The predicted octanol–water partition coefficient (Wildman–Crippen LogP) is 3.83. The molecule has 0 fully saturated rings. The molecule has 0 bridgehead atoms. The third-order valence-electron chi connectivity index (χ3n) is 3.13. The predicted molar refractivity (Wildman–Crippen MR) is 80.1 cm³/mol. The molecule has 0 aromatic heterocycles. The Morgan fingerprint density at radius 3 is 2.76 bits per heavy atom. The summed E-state index contributed by atoms with van der Waals surface area (Å²) in [5.41, 5.74) is 0.658. The summed E-state index contributed by atoms with van der Waals surface area (Å²) in [5.74, 6) is -2.03. The minimum absolute atomic E-state index is 0.0581. The van der Waals surface area contributed by atoms with Crippen molar-refractivity contribution in [2.75, 3.05) is 5.32 Å². The Kier molecular flexibility index (Phi) is 3.69. The molecule has 2 aromatic carbocycles. The summed E-state index contributed by atoms with van der Waals surface area (Å²) < 4.78 is 13.6. The van der Waals surface area contributed by atoms with Crippen molar-refractivity contribution in [2.24, 2.45) is 0 Å². The zero-order valence-electron chi connectivity index (χ0n) is 10.6. The molecule has 1 aliphatic heterocycles. The average Bonchev–Trinajstić information content (AvgIpc) is 2.76. The van der Waals surface area contributed by atoms with Gasteiger partial charge in [0.15, 0.2) is 0 Å². The Bertz CT molecular complexity index is 750. The summed E-state index contributed by atoms with van der Waals surface area (Å²) in [6.07, 6.45) is 0. The first-order valence-electron chi connectivity index (χ1n) is 6.13. The van der Waals surface area contributed by atoms with Gasteiger partial charge < -0.3 is 5.32 Å². The third-order valence-corrected chi connectivity index (χ3v) is 4.37. The Morgan fingerprint density at radius 2 is 2.00 bits per heavy atom. The number of benzene rings is 2. The lowest BCUT2D eigenvalue weighted by Crippen LogP contribution is -2.24. The summed E-state index contributed by atoms with van der Waals surface area (Å²) in [7, 11) is 0. The second-order valence-corrected chi connectivity index (χ2v) is 5.99. The maximum atomic E-state index is 13.6. The number of rotatable bonds is 2. The highest BCUT2D eigenvalue weighted by Crippen LogP contribution is 2.42. The number of halogens is 2. The zero-order chi connectivity index (χ0) is 15.0. The summed E-state index contributed by atoms with van der Waals surface area (Å²) in [6.45, 7) is 0. The molecule has 3 rings (SSSR count). The van der Waals surface area contributed by atoms with Gasteiger partial charge >= 0.3 is 0 Å². The molecule has 1 amide bonds. The monoisotopic (exact) mass is 321 g/mol. The van der Waals surface area contributed by atoms with Crippen LogP contribution < -0.4 is 5.32 Å². The van der Waals surface area contributed by atoms with Gasteiger partial charge in [-0.15, -0.1) is 0 Å². The minimum Gasteiger partial charge on any atom is -0.323 e. The summed E-state index contributed by atoms with van der Waals surface area (Å²) >= 11 is 6.85. The Morgan fingerprint density at radius 1 is 1.24 bits per heavy atom. The molecule has 1 atom stereocenters. The van der Waals surface area contributed by atoms with Crippen molar-refractivity contribution in [1.29, 1.82) is 0 Å². The topological polar surface area (TPSA) is 46.2 Å². The van der Waals surface area contributed by atoms with Crippen LogP contribution >= 0.6 is 23.4 Å². The fraction of sp³-hybridized carbons (Fsp3) is 0.0667. The lowest BCUT2D eigenvalue weighted by Gasteiger charge is -2.11. The highest BCUT2D eigenvalue weighted by Gasteiger charge is 2.37. The van der Waals surface area contributed by atoms with Crippen LogP contribution in [0.4, 0.5) is 10.1 Å². The van der Waals surface area contributed by atoms with Crippen molar-refractivity contribution in [2.45, 2.75) is 10.8 Å². The number of thioether (sulfide) groups is 1. The van der Waals surface area contributed by atoms with Gasteiger partial charge in [0.05, 0.1) is 5.69 Å². The van der Waals surface area contributed by atoms with Crippen LogP contribution in [0.25, 0.3) is 0 Å². The molecule has 0 spiro atoms. The van der Waals surface area contributed by atoms with E-state index < -0.39 is 17.6 Å². The van der Waals surface area contributed by atoms with E-state index in [0.717, 1.165) is 11.8 Å². The van der Waals surface area contributed by atoms with E-state index in [0.29, 0.717) is 15.5 Å². The standard InChI is InChI=1S/C15H9ClFNO2S/c16-8-5-6-9-12(7-8)21-15(20)13(9)14(19)18-11-4-2-1-3-10(11)17/h1-7,13H,(H,18,19). The van der Waals surface area contributed by atoms with Gasteiger partial charge in [-0.1, -0.05) is 41.6 Å². The first-order chi connectivity index (χ1) is 10.1. The fourth-order valence-electron chi connectivity index (χ4n) is 2.15. The Labute approximate surface area is 129 Å². The van der Waals surface area contributed by atoms with Gasteiger partial charge in [-0.05, 0) is 29.8 Å². The number of carbonyl (C=O) groups excluding carboxylic acids is 2. The second kappa shape index (κ2) is 5.50. The van der Waals surface area contributed by atoms with Gasteiger partial charge in [-0.3, -0.25) is 9.59 Å². The maximum absolute atomic E-state index is 13.6. The van der Waals surface area contributed by atoms with Crippen molar-refractivity contribution in [3.63, 3.8) is 0 Å². The zero-order valence-corrected chi connectivity index (χ0v) is 12.2. The van der Waals surface area contributed by atoms with Crippen LogP contribution in [-0.2, 0) is 9.59 Å². The molecule has 21 heavy (non-hydrogen) atoms. The van der Waals surface area contributed by atoms with Crippen LogP contribution in [0.2, 0.25) is 5.02 Å². The SMILES string of the molecule is O=C(Nc1ccccc1F)C1C(=O)Sc2cc(Cl)ccc21. The van der Waals surface area contributed by atoms with Gasteiger partial charge in [0.1, 0.15) is 11.7 Å². The van der Waals surface area contributed by atoms with E-state index in [-0.39, 0.29) is 10.8 Å². The van der Waals surface area contributed by atoms with E-state index in [9.17, 15) is 14.0 Å². The quantitative estimate of drug-likeness (QED) is 0.855. The summed E-state index contributed by atoms with van der Waals surface area (Å²) in [4.78, 5) is 25.0. The Balaban J connectivity index is 1.89. The third kappa shape index (κ3) is 2.66. The van der Waals surface area contributed by atoms with Crippen molar-refractivity contribution in [3.05, 3.63) is 58.9 Å². The molecule has 0 radical (unpaired) electrons. The molecule has 106 valence electrons. The van der Waals surface area contributed by atoms with Gasteiger partial charge in [-0.2, -0.15) is 0 Å². The summed E-state index contributed by atoms with van der Waals surface area (Å²) in [6, 6.07) is 10.8. The molecular formula is C15H9ClFNO2S. The lowest BCUT2D eigenvalue weighted by atomic mass is 10.00. The van der Waals surface area contributed by atoms with Gasteiger partial charge in [0, 0.05) is 9.92 Å². The molecule has 0 saturated carbocycles. The number of nitrogens with one attached hydrogen (secondary N) is 1. The van der Waals surface area contributed by atoms with Crippen molar-refractivity contribution in [3.8, 4) is 0 Å². The maximum Gasteiger partial charge on any atom is 0.240 e. The lowest BCUT2D eigenvalue weighted by molar-refractivity contribution is -0.123. The van der Waals surface area contributed by atoms with Crippen molar-refractivity contribution < 1.29 is 14.0 Å². The number of anilines is 1. The minimum atomic E-state index is -0.943. The molecule has 6 heteroatoms. The number of hydrogen-bond donors (Lipinski definition) is 1. The van der Waals surface area contributed by atoms with Crippen molar-refractivity contribution >= 4 is 40.1 Å². The van der Waals surface area contributed by atoms with Gasteiger partial charge in [0.25, 0.3) is 0 Å². The number of amides is 1. The van der Waals surface area contributed by atoms with Crippen LogP contribution in [0.5, 0.6) is 0 Å². The molecule has 1 unspecified atom stereocenters. The van der Waals surface area contributed by atoms with Crippen LogP contribution in [0.1, 0.15) is 11.5 Å². The summed E-state index contributed by atoms with van der Waals surface area (Å²) in [5, 5.41) is 2.67. The van der Waals surface area contributed by atoms with E-state index in [4.69, 9.17) is 11.6 Å². The van der Waals surface area contributed by atoms with Crippen LogP contribution in [0.15, 0.2) is 47.4 Å². The fourth-order valence-corrected chi connectivity index (χ4v) is 3.44. The Hall–Kier alpha value is -1.85. The van der Waals surface area contributed by atoms with Crippen LogP contribution in [0, 0.1) is 5.82 Å². The normalized spacial score (nSPS) is 16.7. The average molecular weight is 322 g/mol. The first-order valence-corrected chi connectivity index (χ1v) is 7.32. The first kappa shape index (κ1) is 14.1. The molecule has 0 aliphatic carbocycles. The highest BCUT2D eigenvalue weighted by atomic mass is 35.5. The van der Waals surface area contributed by atoms with Gasteiger partial charge in [-0.25, -0.2) is 4.39 Å².